The molecule has 114 valence electrons. The first-order chi connectivity index (χ1) is 9.28. The molecule has 4 heteroatoms. The van der Waals surface area contributed by atoms with Gasteiger partial charge in [0.2, 0.25) is 0 Å². The van der Waals surface area contributed by atoms with Crippen molar-refractivity contribution in [2.75, 3.05) is 0 Å². The highest BCUT2D eigenvalue weighted by Gasteiger charge is 2.38. The van der Waals surface area contributed by atoms with E-state index in [-0.39, 0.29) is 12.1 Å². The summed E-state index contributed by atoms with van der Waals surface area (Å²) in [4.78, 5) is 23.1. The van der Waals surface area contributed by atoms with Gasteiger partial charge in [-0.05, 0) is 64.7 Å². The smallest absolute Gasteiger partial charge is 0.407 e. The molecule has 0 aliphatic heterocycles. The predicted molar refractivity (Wildman–Crippen MR) is 77.5 cm³/mol. The summed E-state index contributed by atoms with van der Waals surface area (Å²) in [5.74, 6) is 0.421. The van der Waals surface area contributed by atoms with Gasteiger partial charge in [-0.3, -0.25) is 4.79 Å². The van der Waals surface area contributed by atoms with E-state index in [1.807, 2.05) is 20.8 Å². The van der Waals surface area contributed by atoms with Crippen molar-refractivity contribution >= 4 is 11.9 Å². The second-order valence-corrected chi connectivity index (χ2v) is 7.46. The second kappa shape index (κ2) is 5.74. The average Bonchev–Trinajstić information content (AvgIpc) is 2.34. The molecule has 4 nitrogen and oxygen atoms in total. The SMILES string of the molecule is CC(C)(C)OC(=O)NC1CCC2(CCC(=O)CC2)CC1. The molecule has 0 aromatic heterocycles. The van der Waals surface area contributed by atoms with Gasteiger partial charge in [0.05, 0.1) is 0 Å². The van der Waals surface area contributed by atoms with Crippen molar-refractivity contribution in [1.82, 2.24) is 5.32 Å². The Morgan fingerprint density at radius 3 is 2.20 bits per heavy atom. The summed E-state index contributed by atoms with van der Waals surface area (Å²) in [7, 11) is 0. The first-order valence-corrected chi connectivity index (χ1v) is 7.79. The average molecular weight is 281 g/mol. The standard InChI is InChI=1S/C16H27NO3/c1-15(2,3)20-14(19)17-12-4-8-16(9-5-12)10-6-13(18)7-11-16/h12H,4-11H2,1-3H3,(H,17,19). The van der Waals surface area contributed by atoms with E-state index in [2.05, 4.69) is 5.32 Å². The maximum atomic E-state index is 11.8. The Bertz CT molecular complexity index is 364. The van der Waals surface area contributed by atoms with Crippen LogP contribution in [-0.2, 0) is 9.53 Å². The van der Waals surface area contributed by atoms with Crippen molar-refractivity contribution in [1.29, 1.82) is 0 Å². The van der Waals surface area contributed by atoms with Gasteiger partial charge in [-0.15, -0.1) is 0 Å². The van der Waals surface area contributed by atoms with E-state index in [1.165, 1.54) is 0 Å². The molecule has 20 heavy (non-hydrogen) atoms. The lowest BCUT2D eigenvalue weighted by Crippen LogP contribution is -2.43. The zero-order valence-corrected chi connectivity index (χ0v) is 13.0. The third-order valence-corrected chi connectivity index (χ3v) is 4.64. The molecule has 0 heterocycles. The van der Waals surface area contributed by atoms with E-state index in [0.717, 1.165) is 51.4 Å². The van der Waals surface area contributed by atoms with Gasteiger partial charge in [-0.2, -0.15) is 0 Å². The highest BCUT2D eigenvalue weighted by molar-refractivity contribution is 5.79. The fraction of sp³-hybridized carbons (Fsp3) is 0.875. The predicted octanol–water partition coefficient (Wildman–Crippen LogP) is 3.58. The highest BCUT2D eigenvalue weighted by Crippen LogP contribution is 2.46. The van der Waals surface area contributed by atoms with Crippen molar-refractivity contribution < 1.29 is 14.3 Å². The molecule has 1 spiro atoms. The lowest BCUT2D eigenvalue weighted by atomic mass is 9.64. The topological polar surface area (TPSA) is 55.4 Å². The van der Waals surface area contributed by atoms with Gasteiger partial charge >= 0.3 is 6.09 Å². The Labute approximate surface area is 121 Å². The Hall–Kier alpha value is -1.06. The summed E-state index contributed by atoms with van der Waals surface area (Å²) in [6, 6.07) is 0.230. The minimum absolute atomic E-state index is 0.230. The third-order valence-electron chi connectivity index (χ3n) is 4.64. The van der Waals surface area contributed by atoms with Crippen LogP contribution >= 0.6 is 0 Å². The van der Waals surface area contributed by atoms with E-state index in [4.69, 9.17) is 4.74 Å². The Kier molecular flexibility index (Phi) is 4.40. The van der Waals surface area contributed by atoms with Crippen molar-refractivity contribution in [2.24, 2.45) is 5.41 Å². The van der Waals surface area contributed by atoms with Crippen LogP contribution < -0.4 is 5.32 Å². The molecule has 0 bridgehead atoms. The number of nitrogens with one attached hydrogen (secondary N) is 1. The summed E-state index contributed by atoms with van der Waals surface area (Å²) >= 11 is 0. The number of hydrogen-bond acceptors (Lipinski definition) is 3. The minimum Gasteiger partial charge on any atom is -0.444 e. The number of rotatable bonds is 1. The van der Waals surface area contributed by atoms with Crippen molar-refractivity contribution in [3.63, 3.8) is 0 Å². The van der Waals surface area contributed by atoms with Crippen LogP contribution in [0.15, 0.2) is 0 Å². The summed E-state index contributed by atoms with van der Waals surface area (Å²) < 4.78 is 5.30. The van der Waals surface area contributed by atoms with Gasteiger partial charge in [0.1, 0.15) is 11.4 Å². The minimum atomic E-state index is -0.441. The number of ketones is 1. The quantitative estimate of drug-likeness (QED) is 0.799. The van der Waals surface area contributed by atoms with Gasteiger partial charge in [0, 0.05) is 18.9 Å². The number of ether oxygens (including phenoxy) is 1. The van der Waals surface area contributed by atoms with E-state index in [1.54, 1.807) is 0 Å². The molecule has 0 radical (unpaired) electrons. The molecule has 0 aromatic rings. The first-order valence-electron chi connectivity index (χ1n) is 7.79. The van der Waals surface area contributed by atoms with Gasteiger partial charge in [0.15, 0.2) is 0 Å². The second-order valence-electron chi connectivity index (χ2n) is 7.46. The van der Waals surface area contributed by atoms with E-state index < -0.39 is 5.60 Å². The lowest BCUT2D eigenvalue weighted by Gasteiger charge is -2.42. The number of hydrogen-bond donors (Lipinski definition) is 1. The molecule has 2 aliphatic carbocycles. The summed E-state index contributed by atoms with van der Waals surface area (Å²) in [6.45, 7) is 5.63. The normalized spacial score (nSPS) is 23.6. The monoisotopic (exact) mass is 281 g/mol. The van der Waals surface area contributed by atoms with Crippen molar-refractivity contribution in [2.45, 2.75) is 83.8 Å². The molecule has 1 N–H and O–H groups in total. The van der Waals surface area contributed by atoms with Crippen LogP contribution in [0.1, 0.15) is 72.1 Å². The summed E-state index contributed by atoms with van der Waals surface area (Å²) in [5, 5.41) is 2.98. The van der Waals surface area contributed by atoms with Gasteiger partial charge in [0.25, 0.3) is 0 Å². The zero-order chi connectivity index (χ0) is 14.8. The molecule has 0 unspecified atom stereocenters. The summed E-state index contributed by atoms with van der Waals surface area (Å²) in [5.41, 5.74) is -0.0657. The van der Waals surface area contributed by atoms with Crippen LogP contribution in [0.2, 0.25) is 0 Å². The van der Waals surface area contributed by atoms with Crippen LogP contribution in [0, 0.1) is 5.41 Å². The van der Waals surface area contributed by atoms with E-state index in [9.17, 15) is 9.59 Å². The molecular formula is C16H27NO3. The van der Waals surface area contributed by atoms with Crippen LogP contribution in [0.5, 0.6) is 0 Å². The molecule has 0 atom stereocenters. The van der Waals surface area contributed by atoms with Gasteiger partial charge in [-0.1, -0.05) is 0 Å². The fourth-order valence-electron chi connectivity index (χ4n) is 3.41. The number of alkyl carbamates (subject to hydrolysis) is 1. The molecule has 2 saturated carbocycles. The number of carbonyl (C=O) groups is 2. The Balaban J connectivity index is 1.77. The van der Waals surface area contributed by atoms with Crippen molar-refractivity contribution in [3.05, 3.63) is 0 Å². The van der Waals surface area contributed by atoms with Crippen LogP contribution in [0.25, 0.3) is 0 Å². The van der Waals surface area contributed by atoms with Crippen molar-refractivity contribution in [3.8, 4) is 0 Å². The molecule has 0 saturated heterocycles. The fourth-order valence-corrected chi connectivity index (χ4v) is 3.41. The molecule has 2 rings (SSSR count). The number of carbonyl (C=O) groups excluding carboxylic acids is 2. The zero-order valence-electron chi connectivity index (χ0n) is 13.0. The molecule has 1 amide bonds. The van der Waals surface area contributed by atoms with Gasteiger partial charge < -0.3 is 10.1 Å². The largest absolute Gasteiger partial charge is 0.444 e. The first kappa shape index (κ1) is 15.3. The molecule has 2 fully saturated rings. The van der Waals surface area contributed by atoms with E-state index >= 15 is 0 Å². The van der Waals surface area contributed by atoms with Crippen LogP contribution in [-0.4, -0.2) is 23.5 Å². The van der Waals surface area contributed by atoms with Crippen LogP contribution in [0.4, 0.5) is 4.79 Å². The number of amides is 1. The maximum absolute atomic E-state index is 11.8. The summed E-state index contributed by atoms with van der Waals surface area (Å²) in [6.07, 6.45) is 7.56. The Morgan fingerprint density at radius 2 is 1.70 bits per heavy atom. The Morgan fingerprint density at radius 1 is 1.15 bits per heavy atom. The molecule has 2 aliphatic rings. The highest BCUT2D eigenvalue weighted by atomic mass is 16.6. The molecular weight excluding hydrogens is 254 g/mol. The molecule has 0 aromatic carbocycles. The van der Waals surface area contributed by atoms with Gasteiger partial charge in [-0.25, -0.2) is 4.79 Å². The lowest BCUT2D eigenvalue weighted by molar-refractivity contribution is -0.123. The number of Topliss-reactive ketones (excluding diaryl/α,β-unsaturated/α-hetero) is 1. The third kappa shape index (κ3) is 4.22. The van der Waals surface area contributed by atoms with E-state index in [0.29, 0.717) is 11.2 Å². The maximum Gasteiger partial charge on any atom is 0.407 e. The van der Waals surface area contributed by atoms with Crippen LogP contribution in [0.3, 0.4) is 0 Å².